The van der Waals surface area contributed by atoms with Gasteiger partial charge in [-0.25, -0.2) is 8.78 Å². The predicted molar refractivity (Wildman–Crippen MR) is 73.2 cm³/mol. The van der Waals surface area contributed by atoms with Gasteiger partial charge in [-0.15, -0.1) is 0 Å². The number of hydrogen-bond donors (Lipinski definition) is 1. The van der Waals surface area contributed by atoms with Gasteiger partial charge in [0.2, 0.25) is 5.78 Å². The summed E-state index contributed by atoms with van der Waals surface area (Å²) in [7, 11) is 0. The first-order valence-corrected chi connectivity index (χ1v) is 6.18. The number of carbonyl (C=O) groups is 2. The average Bonchev–Trinajstić information content (AvgIpc) is 2.48. The molecule has 1 aliphatic rings. The van der Waals surface area contributed by atoms with Gasteiger partial charge in [-0.3, -0.25) is 9.59 Å². The van der Waals surface area contributed by atoms with E-state index in [1.54, 1.807) is 24.3 Å². The van der Waals surface area contributed by atoms with Crippen LogP contribution in [0.15, 0.2) is 54.2 Å². The molecular formula is C16H9F2NO2. The monoisotopic (exact) mass is 285 g/mol. The van der Waals surface area contributed by atoms with Crippen LogP contribution in [0.5, 0.6) is 0 Å². The van der Waals surface area contributed by atoms with Crippen LogP contribution in [0, 0.1) is 11.6 Å². The minimum absolute atomic E-state index is 0.0321. The van der Waals surface area contributed by atoms with Crippen LogP contribution in [0.3, 0.4) is 0 Å². The molecule has 0 unspecified atom stereocenters. The van der Waals surface area contributed by atoms with Crippen molar-refractivity contribution >= 4 is 17.3 Å². The lowest BCUT2D eigenvalue weighted by molar-refractivity contribution is 0.0985. The molecule has 1 aliphatic carbocycles. The van der Waals surface area contributed by atoms with Gasteiger partial charge >= 0.3 is 0 Å². The predicted octanol–water partition coefficient (Wildman–Crippen LogP) is 3.34. The molecule has 0 bridgehead atoms. The lowest BCUT2D eigenvalue weighted by atomic mass is 9.92. The molecule has 0 spiro atoms. The Morgan fingerprint density at radius 3 is 2.29 bits per heavy atom. The molecule has 0 saturated carbocycles. The fourth-order valence-corrected chi connectivity index (χ4v) is 2.14. The first kappa shape index (κ1) is 13.2. The molecule has 104 valence electrons. The molecule has 21 heavy (non-hydrogen) atoms. The molecule has 3 rings (SSSR count). The number of rotatable bonds is 2. The van der Waals surface area contributed by atoms with Crippen molar-refractivity contribution in [2.45, 2.75) is 0 Å². The maximum atomic E-state index is 13.2. The second kappa shape index (κ2) is 4.94. The van der Waals surface area contributed by atoms with E-state index in [-0.39, 0.29) is 28.5 Å². The molecule has 1 N–H and O–H groups in total. The number of benzene rings is 2. The summed E-state index contributed by atoms with van der Waals surface area (Å²) in [6.45, 7) is 0. The van der Waals surface area contributed by atoms with Crippen molar-refractivity contribution in [2.24, 2.45) is 0 Å². The molecule has 0 heterocycles. The molecule has 0 radical (unpaired) electrons. The zero-order valence-corrected chi connectivity index (χ0v) is 10.7. The molecule has 2 aromatic carbocycles. The minimum Gasteiger partial charge on any atom is -0.352 e. The van der Waals surface area contributed by atoms with Gasteiger partial charge in [-0.1, -0.05) is 24.3 Å². The molecule has 0 aliphatic heterocycles. The van der Waals surface area contributed by atoms with Gasteiger partial charge in [0.05, 0.1) is 5.70 Å². The van der Waals surface area contributed by atoms with Crippen molar-refractivity contribution in [1.29, 1.82) is 0 Å². The summed E-state index contributed by atoms with van der Waals surface area (Å²) in [4.78, 5) is 24.2. The van der Waals surface area contributed by atoms with E-state index >= 15 is 0 Å². The fraction of sp³-hybridized carbons (Fsp3) is 0. The Morgan fingerprint density at radius 1 is 0.857 bits per heavy atom. The van der Waals surface area contributed by atoms with Gasteiger partial charge in [-0.05, 0) is 12.1 Å². The Labute approximate surface area is 118 Å². The van der Waals surface area contributed by atoms with E-state index in [2.05, 4.69) is 5.32 Å². The Balaban J connectivity index is 1.95. The van der Waals surface area contributed by atoms with Crippen molar-refractivity contribution in [3.05, 3.63) is 77.0 Å². The van der Waals surface area contributed by atoms with E-state index < -0.39 is 11.6 Å². The first-order chi connectivity index (χ1) is 10.1. The molecule has 3 nitrogen and oxygen atoms in total. The van der Waals surface area contributed by atoms with Gasteiger partial charge < -0.3 is 5.32 Å². The van der Waals surface area contributed by atoms with Crippen LogP contribution in [-0.2, 0) is 0 Å². The summed E-state index contributed by atoms with van der Waals surface area (Å²) in [5.41, 5.74) is 0.846. The maximum Gasteiger partial charge on any atom is 0.210 e. The third kappa shape index (κ3) is 2.33. The van der Waals surface area contributed by atoms with E-state index in [1.807, 2.05) is 0 Å². The fourth-order valence-electron chi connectivity index (χ4n) is 2.14. The van der Waals surface area contributed by atoms with E-state index in [0.29, 0.717) is 5.56 Å². The van der Waals surface area contributed by atoms with Crippen LogP contribution in [0.1, 0.15) is 20.7 Å². The van der Waals surface area contributed by atoms with Crippen LogP contribution in [-0.4, -0.2) is 11.6 Å². The average molecular weight is 285 g/mol. The Kier molecular flexibility index (Phi) is 3.10. The summed E-state index contributed by atoms with van der Waals surface area (Å²) in [5.74, 6) is -2.69. The summed E-state index contributed by atoms with van der Waals surface area (Å²) in [6.07, 6.45) is 1.16. The lowest BCUT2D eigenvalue weighted by Gasteiger charge is -2.16. The van der Waals surface area contributed by atoms with Crippen molar-refractivity contribution in [3.63, 3.8) is 0 Å². The number of anilines is 1. The number of carbonyl (C=O) groups excluding carboxylic acids is 2. The smallest absolute Gasteiger partial charge is 0.210 e. The molecule has 0 aromatic heterocycles. The van der Waals surface area contributed by atoms with Crippen LogP contribution in [0.25, 0.3) is 0 Å². The number of ketones is 2. The third-order valence-corrected chi connectivity index (χ3v) is 3.16. The lowest BCUT2D eigenvalue weighted by Crippen LogP contribution is -2.21. The highest BCUT2D eigenvalue weighted by atomic mass is 19.2. The second-order valence-corrected chi connectivity index (χ2v) is 4.55. The Morgan fingerprint density at radius 2 is 1.57 bits per heavy atom. The molecular weight excluding hydrogens is 276 g/mol. The minimum atomic E-state index is -1.03. The highest BCUT2D eigenvalue weighted by molar-refractivity contribution is 6.25. The van der Waals surface area contributed by atoms with Crippen LogP contribution in [0.2, 0.25) is 0 Å². The zero-order chi connectivity index (χ0) is 15.0. The topological polar surface area (TPSA) is 46.2 Å². The second-order valence-electron chi connectivity index (χ2n) is 4.55. The van der Waals surface area contributed by atoms with Crippen molar-refractivity contribution in [3.8, 4) is 0 Å². The number of nitrogens with one attached hydrogen (secondary N) is 1. The van der Waals surface area contributed by atoms with Crippen molar-refractivity contribution in [2.75, 3.05) is 5.32 Å². The number of halogens is 2. The largest absolute Gasteiger partial charge is 0.352 e. The molecule has 0 fully saturated rings. The molecule has 0 atom stereocenters. The highest BCUT2D eigenvalue weighted by Gasteiger charge is 2.25. The summed E-state index contributed by atoms with van der Waals surface area (Å²) >= 11 is 0. The van der Waals surface area contributed by atoms with Crippen LogP contribution < -0.4 is 5.32 Å². The molecule has 0 saturated heterocycles. The first-order valence-electron chi connectivity index (χ1n) is 6.18. The van der Waals surface area contributed by atoms with E-state index in [4.69, 9.17) is 0 Å². The van der Waals surface area contributed by atoms with E-state index in [9.17, 15) is 18.4 Å². The number of allylic oxidation sites excluding steroid dienone is 2. The van der Waals surface area contributed by atoms with Gasteiger partial charge in [-0.2, -0.15) is 0 Å². The van der Waals surface area contributed by atoms with Gasteiger partial charge in [0.15, 0.2) is 17.4 Å². The number of fused-ring (bicyclic) bond motifs is 1. The van der Waals surface area contributed by atoms with E-state index in [1.165, 1.54) is 6.07 Å². The normalized spacial score (nSPS) is 13.7. The highest BCUT2D eigenvalue weighted by Crippen LogP contribution is 2.23. The molecule has 5 heteroatoms. The summed E-state index contributed by atoms with van der Waals surface area (Å²) < 4.78 is 26.0. The quantitative estimate of drug-likeness (QED) is 0.920. The third-order valence-electron chi connectivity index (χ3n) is 3.16. The maximum absolute atomic E-state index is 13.2. The standard InChI is InChI=1S/C16H9F2NO2/c17-12-6-5-9(7-13(12)18)19-14-8-15(20)10-3-1-2-4-11(10)16(14)21/h1-8,19H. The Hall–Kier alpha value is -2.82. The number of Topliss-reactive ketones (excluding diaryl/α,β-unsaturated/α-hetero) is 1. The van der Waals surface area contributed by atoms with Crippen LogP contribution >= 0.6 is 0 Å². The SMILES string of the molecule is O=C1C=C(Nc2ccc(F)c(F)c2)C(=O)c2ccccc21. The van der Waals surface area contributed by atoms with Crippen molar-refractivity contribution in [1.82, 2.24) is 0 Å². The molecule has 2 aromatic rings. The van der Waals surface area contributed by atoms with E-state index in [0.717, 1.165) is 18.2 Å². The van der Waals surface area contributed by atoms with Gasteiger partial charge in [0.1, 0.15) is 0 Å². The van der Waals surface area contributed by atoms with Crippen LogP contribution in [0.4, 0.5) is 14.5 Å². The molecule has 0 amide bonds. The number of hydrogen-bond acceptors (Lipinski definition) is 3. The zero-order valence-electron chi connectivity index (χ0n) is 10.7. The summed E-state index contributed by atoms with van der Waals surface area (Å²) in [6, 6.07) is 9.61. The summed E-state index contributed by atoms with van der Waals surface area (Å²) in [5, 5.41) is 2.65. The Bertz CT molecular complexity index is 797. The van der Waals surface area contributed by atoms with Crippen molar-refractivity contribution < 1.29 is 18.4 Å². The van der Waals surface area contributed by atoms with Gasteiger partial charge in [0, 0.05) is 29.0 Å². The van der Waals surface area contributed by atoms with Gasteiger partial charge in [0.25, 0.3) is 0 Å².